The molecule has 6 nitrogen and oxygen atoms in total. The van der Waals surface area contributed by atoms with Crippen LogP contribution in [0.25, 0.3) is 5.70 Å². The Labute approximate surface area is 178 Å². The second-order valence-electron chi connectivity index (χ2n) is 8.27. The van der Waals surface area contributed by atoms with E-state index in [1.165, 1.54) is 12.1 Å². The van der Waals surface area contributed by atoms with Crippen molar-refractivity contribution in [3.05, 3.63) is 59.7 Å². The molecule has 2 N–H and O–H groups in total. The number of hydrogen-bond acceptors (Lipinski definition) is 5. The Morgan fingerprint density at radius 3 is 2.60 bits per heavy atom. The van der Waals surface area contributed by atoms with E-state index >= 15 is 0 Å². The van der Waals surface area contributed by atoms with Gasteiger partial charge in [0.05, 0.1) is 58.4 Å². The van der Waals surface area contributed by atoms with E-state index in [2.05, 4.69) is 53.8 Å². The summed E-state index contributed by atoms with van der Waals surface area (Å²) in [5, 5.41) is 2.34. The molecule has 0 aliphatic carbocycles. The maximum Gasteiger partial charge on any atom is 0.191 e. The van der Waals surface area contributed by atoms with Gasteiger partial charge in [-0.05, 0) is 37.3 Å². The zero-order chi connectivity index (χ0) is 20.7. The molecule has 0 amide bonds. The first-order valence-electron chi connectivity index (χ1n) is 10.8. The second-order valence-corrected chi connectivity index (χ2v) is 8.27. The molecule has 3 heterocycles. The molecule has 0 saturated carbocycles. The molecule has 5 rings (SSSR count). The number of quaternary nitrogens is 1. The molecule has 0 unspecified atom stereocenters. The molecule has 0 radical (unpaired) electrons. The Morgan fingerprint density at radius 1 is 1.10 bits per heavy atom. The number of nitrogens with one attached hydrogen (secondary N) is 2. The average molecular weight is 409 g/mol. The molecule has 2 aromatic carbocycles. The van der Waals surface area contributed by atoms with Crippen molar-refractivity contribution < 1.29 is 19.1 Å². The lowest BCUT2D eigenvalue weighted by atomic mass is 9.93. The zero-order valence-corrected chi connectivity index (χ0v) is 17.9. The lowest BCUT2D eigenvalue weighted by molar-refractivity contribution is -0.906. The Hall–Kier alpha value is -2.70. The second kappa shape index (κ2) is 7.52. The summed E-state index contributed by atoms with van der Waals surface area (Å²) in [5.41, 5.74) is 6.72. The van der Waals surface area contributed by atoms with Gasteiger partial charge in [-0.1, -0.05) is 18.2 Å². The topological polar surface area (TPSA) is 47.4 Å². The largest absolute Gasteiger partial charge is 0.493 e. The van der Waals surface area contributed by atoms with Crippen LogP contribution in [0, 0.1) is 0 Å². The zero-order valence-electron chi connectivity index (χ0n) is 17.9. The number of methoxy groups -OCH3 is 2. The molecule has 1 spiro atoms. The van der Waals surface area contributed by atoms with Crippen molar-refractivity contribution in [2.24, 2.45) is 0 Å². The minimum Gasteiger partial charge on any atom is -0.493 e. The molecule has 6 heteroatoms. The molecule has 2 aromatic rings. The lowest BCUT2D eigenvalue weighted by Crippen LogP contribution is -3.13. The van der Waals surface area contributed by atoms with Gasteiger partial charge >= 0.3 is 0 Å². The highest BCUT2D eigenvalue weighted by atomic mass is 16.5. The molecule has 3 aliphatic heterocycles. The third kappa shape index (κ3) is 3.02. The van der Waals surface area contributed by atoms with E-state index in [1.807, 2.05) is 12.1 Å². The normalized spacial score (nSPS) is 27.5. The van der Waals surface area contributed by atoms with Gasteiger partial charge in [0.25, 0.3) is 0 Å². The lowest BCUT2D eigenvalue weighted by Gasteiger charge is -2.50. The van der Waals surface area contributed by atoms with Gasteiger partial charge in [-0.2, -0.15) is 5.01 Å². The molecular weight excluding hydrogens is 378 g/mol. The predicted octanol–water partition coefficient (Wildman–Crippen LogP) is 2.39. The summed E-state index contributed by atoms with van der Waals surface area (Å²) >= 11 is 0. The van der Waals surface area contributed by atoms with Crippen LogP contribution in [-0.4, -0.2) is 44.6 Å². The fraction of sp³-hybridized carbons (Fsp3) is 0.417. The van der Waals surface area contributed by atoms with Crippen molar-refractivity contribution in [2.45, 2.75) is 31.5 Å². The molecule has 3 aliphatic rings. The summed E-state index contributed by atoms with van der Waals surface area (Å²) in [7, 11) is 3.33. The summed E-state index contributed by atoms with van der Waals surface area (Å²) in [6.45, 7) is 5.67. The number of fused-ring (bicyclic) bond motifs is 4. The summed E-state index contributed by atoms with van der Waals surface area (Å²) in [4.78, 5) is 1.65. The van der Waals surface area contributed by atoms with E-state index in [1.54, 1.807) is 19.1 Å². The van der Waals surface area contributed by atoms with E-state index < -0.39 is 0 Å². The van der Waals surface area contributed by atoms with Crippen molar-refractivity contribution in [1.82, 2.24) is 10.4 Å². The van der Waals surface area contributed by atoms with Crippen molar-refractivity contribution in [1.29, 1.82) is 0 Å². The molecule has 1 fully saturated rings. The van der Waals surface area contributed by atoms with Crippen LogP contribution in [-0.2, 0) is 0 Å². The fourth-order valence-electron chi connectivity index (χ4n) is 4.98. The van der Waals surface area contributed by atoms with Crippen LogP contribution in [0.15, 0.2) is 48.5 Å². The monoisotopic (exact) mass is 408 g/mol. The first-order chi connectivity index (χ1) is 14.7. The molecule has 30 heavy (non-hydrogen) atoms. The summed E-state index contributed by atoms with van der Waals surface area (Å²) < 4.78 is 17.6. The first-order valence-corrected chi connectivity index (χ1v) is 10.8. The Morgan fingerprint density at radius 2 is 1.87 bits per heavy atom. The van der Waals surface area contributed by atoms with Crippen LogP contribution >= 0.6 is 0 Å². The van der Waals surface area contributed by atoms with E-state index in [4.69, 9.17) is 14.2 Å². The highest BCUT2D eigenvalue weighted by Gasteiger charge is 2.52. The number of nitrogens with zero attached hydrogens (tertiary/aromatic N) is 1. The number of piperidine rings is 1. The van der Waals surface area contributed by atoms with Crippen molar-refractivity contribution in [2.75, 3.05) is 33.9 Å². The van der Waals surface area contributed by atoms with Gasteiger partial charge in [-0.15, -0.1) is 0 Å². The van der Waals surface area contributed by atoms with Crippen LogP contribution in [0.5, 0.6) is 17.2 Å². The number of benzene rings is 2. The maximum atomic E-state index is 6.70. The Bertz CT molecular complexity index is 966. The van der Waals surface area contributed by atoms with E-state index in [0.29, 0.717) is 0 Å². The van der Waals surface area contributed by atoms with Crippen molar-refractivity contribution in [3.8, 4) is 17.2 Å². The van der Waals surface area contributed by atoms with Crippen LogP contribution in [0.1, 0.15) is 36.9 Å². The minimum atomic E-state index is -0.327. The Balaban J connectivity index is 1.52. The number of para-hydroxylation sites is 1. The van der Waals surface area contributed by atoms with Crippen LogP contribution in [0.4, 0.5) is 0 Å². The third-order valence-electron chi connectivity index (χ3n) is 6.75. The maximum absolute atomic E-state index is 6.70. The smallest absolute Gasteiger partial charge is 0.191 e. The van der Waals surface area contributed by atoms with Crippen LogP contribution < -0.4 is 24.5 Å². The third-order valence-corrected chi connectivity index (χ3v) is 6.75. The number of ether oxygens (including phenoxy) is 3. The van der Waals surface area contributed by atoms with Crippen molar-refractivity contribution >= 4 is 5.70 Å². The number of rotatable bonds is 4. The molecule has 1 atom stereocenters. The summed E-state index contributed by atoms with van der Waals surface area (Å²) in [6.07, 6.45) is 4.31. The summed E-state index contributed by atoms with van der Waals surface area (Å²) in [6, 6.07) is 14.6. The first kappa shape index (κ1) is 19.3. The number of hydrazine groups is 1. The van der Waals surface area contributed by atoms with Gasteiger partial charge in [0.15, 0.2) is 17.2 Å². The standard InChI is InChI=1S/C24H29N3O3/c1-4-26-13-11-24(12-14-26)27-20(18-7-5-6-8-21(18)30-24)16-19(25-27)17-9-10-22(28-2)23(15-17)29-3/h5-10,15-16,20,25H,4,11-14H2,1-3H3/p+1/t20-/m0/s1. The van der Waals surface area contributed by atoms with Crippen molar-refractivity contribution in [3.63, 3.8) is 0 Å². The quantitative estimate of drug-likeness (QED) is 0.814. The SMILES string of the molecule is CC[NH+]1CCC2(CC1)Oc1ccccc1[C@@H]1C=C(c3ccc(OC)c(OC)c3)NN12. The van der Waals surface area contributed by atoms with Gasteiger partial charge in [-0.3, -0.25) is 0 Å². The molecule has 1 saturated heterocycles. The molecule has 0 bridgehead atoms. The number of hydrogen-bond donors (Lipinski definition) is 2. The number of likely N-dealkylation sites (tertiary alicyclic amines) is 1. The predicted molar refractivity (Wildman–Crippen MR) is 116 cm³/mol. The highest BCUT2D eigenvalue weighted by molar-refractivity contribution is 5.69. The van der Waals surface area contributed by atoms with E-state index in [9.17, 15) is 0 Å². The minimum absolute atomic E-state index is 0.140. The average Bonchev–Trinajstić information content (AvgIpc) is 3.26. The Kier molecular flexibility index (Phi) is 4.83. The molecular formula is C24H30N3O3+. The van der Waals surface area contributed by atoms with Gasteiger partial charge in [0, 0.05) is 11.1 Å². The van der Waals surface area contributed by atoms with Crippen LogP contribution in [0.3, 0.4) is 0 Å². The fourth-order valence-corrected chi connectivity index (χ4v) is 4.98. The molecule has 158 valence electrons. The highest BCUT2D eigenvalue weighted by Crippen LogP contribution is 2.47. The molecule has 0 aromatic heterocycles. The van der Waals surface area contributed by atoms with E-state index in [0.717, 1.165) is 54.4 Å². The van der Waals surface area contributed by atoms with Gasteiger partial charge < -0.3 is 24.5 Å². The summed E-state index contributed by atoms with van der Waals surface area (Å²) in [5.74, 6) is 2.47. The van der Waals surface area contributed by atoms with Crippen LogP contribution in [0.2, 0.25) is 0 Å². The van der Waals surface area contributed by atoms with Gasteiger partial charge in [0.2, 0.25) is 0 Å². The van der Waals surface area contributed by atoms with Gasteiger partial charge in [0.1, 0.15) is 5.75 Å². The van der Waals surface area contributed by atoms with E-state index in [-0.39, 0.29) is 11.8 Å². The van der Waals surface area contributed by atoms with Gasteiger partial charge in [-0.25, -0.2) is 0 Å².